The van der Waals surface area contributed by atoms with Crippen molar-refractivity contribution < 1.29 is 9.53 Å². The maximum atomic E-state index is 12.5. The van der Waals surface area contributed by atoms with Crippen LogP contribution >= 0.6 is 0 Å². The molecule has 3 aromatic rings. The van der Waals surface area contributed by atoms with Crippen molar-refractivity contribution in [3.05, 3.63) is 60.8 Å². The van der Waals surface area contributed by atoms with Gasteiger partial charge in [0.05, 0.1) is 5.69 Å². The summed E-state index contributed by atoms with van der Waals surface area (Å²) in [5.41, 5.74) is 1.60. The summed E-state index contributed by atoms with van der Waals surface area (Å²) >= 11 is 0. The molecule has 1 N–H and O–H groups in total. The van der Waals surface area contributed by atoms with Gasteiger partial charge in [0.1, 0.15) is 18.4 Å². The Bertz CT molecular complexity index is 822. The van der Waals surface area contributed by atoms with Gasteiger partial charge in [0.15, 0.2) is 11.9 Å². The van der Waals surface area contributed by atoms with E-state index in [0.29, 0.717) is 17.9 Å². The first-order chi connectivity index (χ1) is 11.3. The molecule has 1 aliphatic rings. The minimum Gasteiger partial charge on any atom is -0.480 e. The second-order valence-electron chi connectivity index (χ2n) is 5.12. The predicted molar refractivity (Wildman–Crippen MR) is 82.3 cm³/mol. The van der Waals surface area contributed by atoms with E-state index < -0.39 is 6.10 Å². The number of anilines is 1. The van der Waals surface area contributed by atoms with Crippen LogP contribution in [-0.2, 0) is 11.2 Å². The number of carbonyl (C=O) groups excluding carboxylic acids is 1. The van der Waals surface area contributed by atoms with Crippen molar-refractivity contribution in [2.75, 3.05) is 5.32 Å². The van der Waals surface area contributed by atoms with Crippen LogP contribution in [0.4, 0.5) is 5.69 Å². The molecule has 0 radical (unpaired) electrons. The van der Waals surface area contributed by atoms with Crippen molar-refractivity contribution in [2.45, 2.75) is 12.5 Å². The second kappa shape index (κ2) is 5.53. The fourth-order valence-electron chi connectivity index (χ4n) is 2.54. The zero-order chi connectivity index (χ0) is 15.6. The fourth-order valence-corrected chi connectivity index (χ4v) is 2.54. The predicted octanol–water partition coefficient (Wildman–Crippen LogP) is 1.60. The third-order valence-electron chi connectivity index (χ3n) is 3.62. The summed E-state index contributed by atoms with van der Waals surface area (Å²) in [5, 5.41) is 6.91. The molecule has 1 amide bonds. The van der Waals surface area contributed by atoms with Gasteiger partial charge in [-0.1, -0.05) is 18.2 Å². The molecule has 0 aliphatic carbocycles. The molecule has 4 rings (SSSR count). The van der Waals surface area contributed by atoms with Crippen LogP contribution < -0.4 is 10.1 Å². The average molecular weight is 307 g/mol. The van der Waals surface area contributed by atoms with Crippen LogP contribution in [0.25, 0.3) is 5.82 Å². The number of ether oxygens (including phenoxy) is 1. The number of benzene rings is 1. The molecule has 114 valence electrons. The van der Waals surface area contributed by atoms with Crippen molar-refractivity contribution in [1.82, 2.24) is 19.7 Å². The highest BCUT2D eigenvalue weighted by Gasteiger charge is 2.29. The maximum absolute atomic E-state index is 12.5. The number of amides is 1. The number of hydrogen-bond acceptors (Lipinski definition) is 5. The molecule has 2 aromatic heterocycles. The molecule has 1 aliphatic heterocycles. The molecule has 3 heterocycles. The molecule has 0 saturated carbocycles. The van der Waals surface area contributed by atoms with E-state index >= 15 is 0 Å². The van der Waals surface area contributed by atoms with Gasteiger partial charge in [-0.3, -0.25) is 4.79 Å². The average Bonchev–Trinajstić information content (AvgIpc) is 3.25. The molecule has 1 atom stereocenters. The van der Waals surface area contributed by atoms with Gasteiger partial charge >= 0.3 is 0 Å². The topological polar surface area (TPSA) is 81.9 Å². The normalized spacial score (nSPS) is 15.7. The Morgan fingerprint density at radius 2 is 2.17 bits per heavy atom. The van der Waals surface area contributed by atoms with Crippen LogP contribution in [0.2, 0.25) is 0 Å². The van der Waals surface area contributed by atoms with E-state index in [0.717, 1.165) is 11.3 Å². The standard InChI is InChI=1S/C16H13N5O2/c22-16(14-8-11-4-1-2-6-13(11)23-14)20-12-5-3-7-18-15(12)21-10-17-9-19-21/h1-7,9-10,14H,8H2,(H,20,22). The van der Waals surface area contributed by atoms with Crippen LogP contribution in [0.1, 0.15) is 5.56 Å². The second-order valence-corrected chi connectivity index (χ2v) is 5.12. The Balaban J connectivity index is 1.55. The number of fused-ring (bicyclic) bond motifs is 1. The van der Waals surface area contributed by atoms with Gasteiger partial charge in [-0.15, -0.1) is 0 Å². The van der Waals surface area contributed by atoms with Gasteiger partial charge in [0, 0.05) is 12.6 Å². The first-order valence-electron chi connectivity index (χ1n) is 7.17. The number of pyridine rings is 1. The smallest absolute Gasteiger partial charge is 0.265 e. The highest BCUT2D eigenvalue weighted by Crippen LogP contribution is 2.29. The van der Waals surface area contributed by atoms with E-state index in [9.17, 15) is 4.79 Å². The number of nitrogens with one attached hydrogen (secondary N) is 1. The van der Waals surface area contributed by atoms with Crippen LogP contribution in [0.5, 0.6) is 5.75 Å². The van der Waals surface area contributed by atoms with E-state index in [1.807, 2.05) is 24.3 Å². The van der Waals surface area contributed by atoms with Crippen molar-refractivity contribution in [3.8, 4) is 11.6 Å². The minimum atomic E-state index is -0.545. The molecule has 0 bridgehead atoms. The molecule has 0 fully saturated rings. The first-order valence-corrected chi connectivity index (χ1v) is 7.17. The minimum absolute atomic E-state index is 0.212. The number of para-hydroxylation sites is 1. The number of carbonyl (C=O) groups is 1. The molecule has 0 saturated heterocycles. The molecule has 0 spiro atoms. The summed E-state index contributed by atoms with van der Waals surface area (Å²) in [4.78, 5) is 20.6. The quantitative estimate of drug-likeness (QED) is 0.795. The van der Waals surface area contributed by atoms with E-state index in [1.165, 1.54) is 17.3 Å². The van der Waals surface area contributed by atoms with Crippen LogP contribution in [0, 0.1) is 0 Å². The Morgan fingerprint density at radius 1 is 1.26 bits per heavy atom. The van der Waals surface area contributed by atoms with Gasteiger partial charge in [0.2, 0.25) is 0 Å². The maximum Gasteiger partial charge on any atom is 0.265 e. The Hall–Kier alpha value is -3.22. The lowest BCUT2D eigenvalue weighted by Gasteiger charge is -2.13. The van der Waals surface area contributed by atoms with Crippen LogP contribution in [0.3, 0.4) is 0 Å². The third-order valence-corrected chi connectivity index (χ3v) is 3.62. The number of aromatic nitrogens is 4. The largest absolute Gasteiger partial charge is 0.480 e. The third kappa shape index (κ3) is 2.52. The highest BCUT2D eigenvalue weighted by atomic mass is 16.5. The number of rotatable bonds is 3. The van der Waals surface area contributed by atoms with Crippen LogP contribution in [0.15, 0.2) is 55.2 Å². The molecule has 7 nitrogen and oxygen atoms in total. The summed E-state index contributed by atoms with van der Waals surface area (Å²) in [7, 11) is 0. The molecular formula is C16H13N5O2. The van der Waals surface area contributed by atoms with Crippen LogP contribution in [-0.4, -0.2) is 31.8 Å². The van der Waals surface area contributed by atoms with E-state index in [-0.39, 0.29) is 5.91 Å². The van der Waals surface area contributed by atoms with Gasteiger partial charge in [-0.25, -0.2) is 14.6 Å². The first kappa shape index (κ1) is 13.4. The number of hydrogen-bond donors (Lipinski definition) is 1. The lowest BCUT2D eigenvalue weighted by Crippen LogP contribution is -2.31. The van der Waals surface area contributed by atoms with Crippen molar-refractivity contribution in [1.29, 1.82) is 0 Å². The SMILES string of the molecule is O=C(Nc1cccnc1-n1cncn1)C1Cc2ccccc2O1. The molecule has 1 unspecified atom stereocenters. The Morgan fingerprint density at radius 3 is 3.00 bits per heavy atom. The highest BCUT2D eigenvalue weighted by molar-refractivity contribution is 5.96. The van der Waals surface area contributed by atoms with Gasteiger partial charge in [0.25, 0.3) is 5.91 Å². The van der Waals surface area contributed by atoms with Gasteiger partial charge in [-0.05, 0) is 23.8 Å². The van der Waals surface area contributed by atoms with E-state index in [1.54, 1.807) is 18.3 Å². The Kier molecular flexibility index (Phi) is 3.23. The van der Waals surface area contributed by atoms with Crippen molar-refractivity contribution in [3.63, 3.8) is 0 Å². The van der Waals surface area contributed by atoms with Crippen molar-refractivity contribution >= 4 is 11.6 Å². The van der Waals surface area contributed by atoms with Gasteiger partial charge < -0.3 is 10.1 Å². The molecule has 23 heavy (non-hydrogen) atoms. The summed E-state index contributed by atoms with van der Waals surface area (Å²) in [6, 6.07) is 11.2. The zero-order valence-electron chi connectivity index (χ0n) is 12.1. The van der Waals surface area contributed by atoms with E-state index in [2.05, 4.69) is 20.4 Å². The molecule has 7 heteroatoms. The summed E-state index contributed by atoms with van der Waals surface area (Å²) < 4.78 is 7.20. The fraction of sp³-hybridized carbons (Fsp3) is 0.125. The Labute approximate surface area is 132 Å². The molecule has 1 aromatic carbocycles. The summed E-state index contributed by atoms with van der Waals surface area (Å²) in [6.07, 6.45) is 4.59. The monoisotopic (exact) mass is 307 g/mol. The lowest BCUT2D eigenvalue weighted by atomic mass is 10.1. The van der Waals surface area contributed by atoms with E-state index in [4.69, 9.17) is 4.74 Å². The summed E-state index contributed by atoms with van der Waals surface area (Å²) in [6.45, 7) is 0. The van der Waals surface area contributed by atoms with Gasteiger partial charge in [-0.2, -0.15) is 5.10 Å². The lowest BCUT2D eigenvalue weighted by molar-refractivity contribution is -0.122. The summed E-state index contributed by atoms with van der Waals surface area (Å²) in [5.74, 6) is 1.06. The number of nitrogens with zero attached hydrogens (tertiary/aromatic N) is 4. The van der Waals surface area contributed by atoms with Crippen molar-refractivity contribution in [2.24, 2.45) is 0 Å². The molecular weight excluding hydrogens is 294 g/mol. The zero-order valence-corrected chi connectivity index (χ0v) is 12.1.